The van der Waals surface area contributed by atoms with Gasteiger partial charge in [0.05, 0.1) is 10.7 Å². The summed E-state index contributed by atoms with van der Waals surface area (Å²) in [7, 11) is 0. The van der Waals surface area contributed by atoms with Gasteiger partial charge >= 0.3 is 0 Å². The zero-order valence-electron chi connectivity index (χ0n) is 10.2. The molecular weight excluding hydrogens is 280 g/mol. The van der Waals surface area contributed by atoms with Gasteiger partial charge in [-0.1, -0.05) is 17.7 Å². The van der Waals surface area contributed by atoms with Crippen molar-refractivity contribution in [1.82, 2.24) is 0 Å². The maximum atomic E-state index is 9.22. The number of hydrogen-bond acceptors (Lipinski definition) is 4. The number of rotatable bonds is 3. The van der Waals surface area contributed by atoms with E-state index in [0.717, 1.165) is 4.90 Å². The Balaban J connectivity index is 2.38. The van der Waals surface area contributed by atoms with Crippen LogP contribution in [-0.4, -0.2) is 6.26 Å². The fourth-order valence-corrected chi connectivity index (χ4v) is 2.31. The second kappa shape index (κ2) is 5.87. The average Bonchev–Trinajstić information content (AvgIpc) is 2.42. The molecule has 0 radical (unpaired) electrons. The van der Waals surface area contributed by atoms with E-state index < -0.39 is 0 Å². The molecule has 96 valence electrons. The zero-order chi connectivity index (χ0) is 13.8. The lowest BCUT2D eigenvalue weighted by Gasteiger charge is -2.10. The van der Waals surface area contributed by atoms with Gasteiger partial charge in [0.2, 0.25) is 0 Å². The second-order valence-corrected chi connectivity index (χ2v) is 4.99. The number of ether oxygens (including phenoxy) is 1. The number of halogens is 1. The summed E-state index contributed by atoms with van der Waals surface area (Å²) < 4.78 is 5.70. The van der Waals surface area contributed by atoms with Crippen LogP contribution in [-0.2, 0) is 0 Å². The van der Waals surface area contributed by atoms with Crippen molar-refractivity contribution in [3.63, 3.8) is 0 Å². The number of thioether (sulfide) groups is 1. The van der Waals surface area contributed by atoms with Crippen LogP contribution in [0.15, 0.2) is 41.3 Å². The minimum absolute atomic E-state index is 0.428. The van der Waals surface area contributed by atoms with Gasteiger partial charge in [0.15, 0.2) is 0 Å². The van der Waals surface area contributed by atoms with Crippen molar-refractivity contribution < 1.29 is 4.74 Å². The summed E-state index contributed by atoms with van der Waals surface area (Å²) in [5.74, 6) is 1.06. The van der Waals surface area contributed by atoms with Crippen LogP contribution in [0.2, 0.25) is 5.02 Å². The number of nitrogens with zero attached hydrogens (tertiary/aromatic N) is 1. The Labute approximate surface area is 120 Å². The first kappa shape index (κ1) is 13.6. The number of hydrogen-bond donors (Lipinski definition) is 1. The highest BCUT2D eigenvalue weighted by Crippen LogP contribution is 2.33. The first-order chi connectivity index (χ1) is 9.15. The van der Waals surface area contributed by atoms with E-state index in [0.29, 0.717) is 27.8 Å². The molecule has 0 aliphatic carbocycles. The van der Waals surface area contributed by atoms with Gasteiger partial charge in [-0.05, 0) is 30.5 Å². The fraction of sp³-hybridized carbons (Fsp3) is 0.0714. The van der Waals surface area contributed by atoms with Gasteiger partial charge in [-0.25, -0.2) is 0 Å². The van der Waals surface area contributed by atoms with E-state index in [4.69, 9.17) is 22.1 Å². The third-order valence-corrected chi connectivity index (χ3v) is 3.63. The Bertz CT molecular complexity index is 652. The Morgan fingerprint density at radius 2 is 2.11 bits per heavy atom. The molecule has 0 atom stereocenters. The van der Waals surface area contributed by atoms with Crippen LogP contribution < -0.4 is 10.5 Å². The van der Waals surface area contributed by atoms with Gasteiger partial charge < -0.3 is 10.5 Å². The molecule has 0 saturated heterocycles. The summed E-state index contributed by atoms with van der Waals surface area (Å²) in [5.41, 5.74) is 6.65. The lowest BCUT2D eigenvalue weighted by atomic mass is 10.2. The SMILES string of the molecule is CSc1cccc(Oc2ccc(N)c(Cl)c2)c1C#N. The molecule has 2 rings (SSSR count). The van der Waals surface area contributed by atoms with Crippen molar-refractivity contribution in [3.8, 4) is 17.6 Å². The predicted molar refractivity (Wildman–Crippen MR) is 78.9 cm³/mol. The van der Waals surface area contributed by atoms with Gasteiger partial charge in [-0.2, -0.15) is 5.26 Å². The van der Waals surface area contributed by atoms with E-state index in [9.17, 15) is 5.26 Å². The van der Waals surface area contributed by atoms with Gasteiger partial charge in [0.1, 0.15) is 23.1 Å². The predicted octanol–water partition coefficient (Wildman–Crippen LogP) is 4.31. The van der Waals surface area contributed by atoms with Crippen molar-refractivity contribution in [2.24, 2.45) is 0 Å². The molecule has 0 bridgehead atoms. The van der Waals surface area contributed by atoms with Crippen LogP contribution >= 0.6 is 23.4 Å². The van der Waals surface area contributed by atoms with E-state index in [-0.39, 0.29) is 0 Å². The van der Waals surface area contributed by atoms with Crippen LogP contribution in [0, 0.1) is 11.3 Å². The number of benzene rings is 2. The van der Waals surface area contributed by atoms with Crippen molar-refractivity contribution in [3.05, 3.63) is 47.0 Å². The van der Waals surface area contributed by atoms with Gasteiger partial charge in [-0.15, -0.1) is 11.8 Å². The van der Waals surface area contributed by atoms with Gasteiger partial charge in [0.25, 0.3) is 0 Å². The highest BCUT2D eigenvalue weighted by Gasteiger charge is 2.10. The number of nitrogens with two attached hydrogens (primary N) is 1. The van der Waals surface area contributed by atoms with Gasteiger partial charge in [0, 0.05) is 11.0 Å². The lowest BCUT2D eigenvalue weighted by Crippen LogP contribution is -1.92. The van der Waals surface area contributed by atoms with E-state index in [1.807, 2.05) is 18.4 Å². The number of nitrogen functional groups attached to an aromatic ring is 1. The highest BCUT2D eigenvalue weighted by molar-refractivity contribution is 7.98. The molecule has 0 amide bonds. The summed E-state index contributed by atoms with van der Waals surface area (Å²) >= 11 is 7.44. The standard InChI is InChI=1S/C14H11ClN2OS/c1-19-14-4-2-3-13(10(14)8-16)18-9-5-6-12(17)11(15)7-9/h2-7H,17H2,1H3. The summed E-state index contributed by atoms with van der Waals surface area (Å²) in [6.45, 7) is 0. The molecule has 0 aromatic heterocycles. The minimum atomic E-state index is 0.428. The highest BCUT2D eigenvalue weighted by atomic mass is 35.5. The minimum Gasteiger partial charge on any atom is -0.456 e. The maximum Gasteiger partial charge on any atom is 0.146 e. The number of anilines is 1. The molecule has 0 saturated carbocycles. The largest absolute Gasteiger partial charge is 0.456 e. The Morgan fingerprint density at radius 3 is 2.74 bits per heavy atom. The molecule has 5 heteroatoms. The third kappa shape index (κ3) is 2.95. The number of nitriles is 1. The normalized spacial score (nSPS) is 9.95. The summed E-state index contributed by atoms with van der Waals surface area (Å²) in [6, 6.07) is 12.7. The van der Waals surface area contributed by atoms with Crippen molar-refractivity contribution in [1.29, 1.82) is 5.26 Å². The molecular formula is C14H11ClN2OS. The molecule has 0 aliphatic heterocycles. The zero-order valence-corrected chi connectivity index (χ0v) is 11.8. The first-order valence-electron chi connectivity index (χ1n) is 5.45. The van der Waals surface area contributed by atoms with E-state index >= 15 is 0 Å². The monoisotopic (exact) mass is 290 g/mol. The molecule has 0 unspecified atom stereocenters. The maximum absolute atomic E-state index is 9.22. The molecule has 0 heterocycles. The van der Waals surface area contributed by atoms with E-state index in [1.54, 1.807) is 24.3 Å². The molecule has 0 spiro atoms. The smallest absolute Gasteiger partial charge is 0.146 e. The van der Waals surface area contributed by atoms with Crippen molar-refractivity contribution in [2.45, 2.75) is 4.90 Å². The Morgan fingerprint density at radius 1 is 1.32 bits per heavy atom. The van der Waals surface area contributed by atoms with Crippen LogP contribution in [0.25, 0.3) is 0 Å². The van der Waals surface area contributed by atoms with Crippen LogP contribution in [0.1, 0.15) is 5.56 Å². The second-order valence-electron chi connectivity index (χ2n) is 3.73. The topological polar surface area (TPSA) is 59.0 Å². The average molecular weight is 291 g/mol. The molecule has 2 aromatic rings. The first-order valence-corrected chi connectivity index (χ1v) is 7.06. The van der Waals surface area contributed by atoms with Crippen molar-refractivity contribution >= 4 is 29.1 Å². The third-order valence-electron chi connectivity index (χ3n) is 2.52. The van der Waals surface area contributed by atoms with E-state index in [1.165, 1.54) is 11.8 Å². The molecule has 0 aliphatic rings. The van der Waals surface area contributed by atoms with Gasteiger partial charge in [-0.3, -0.25) is 0 Å². The molecule has 0 fully saturated rings. The Kier molecular flexibility index (Phi) is 4.20. The van der Waals surface area contributed by atoms with Crippen LogP contribution in [0.5, 0.6) is 11.5 Å². The van der Waals surface area contributed by atoms with Crippen LogP contribution in [0.4, 0.5) is 5.69 Å². The summed E-state index contributed by atoms with van der Waals surface area (Å²) in [6.07, 6.45) is 1.92. The molecule has 19 heavy (non-hydrogen) atoms. The fourth-order valence-electron chi connectivity index (χ4n) is 1.57. The molecule has 3 nitrogen and oxygen atoms in total. The summed E-state index contributed by atoms with van der Waals surface area (Å²) in [5, 5.41) is 9.65. The molecule has 2 N–H and O–H groups in total. The Hall–Kier alpha value is -1.83. The van der Waals surface area contributed by atoms with Crippen LogP contribution in [0.3, 0.4) is 0 Å². The van der Waals surface area contributed by atoms with Crippen molar-refractivity contribution in [2.75, 3.05) is 12.0 Å². The quantitative estimate of drug-likeness (QED) is 0.676. The summed E-state index contributed by atoms with van der Waals surface area (Å²) in [4.78, 5) is 0.876. The lowest BCUT2D eigenvalue weighted by molar-refractivity contribution is 0.479. The molecule has 2 aromatic carbocycles. The van der Waals surface area contributed by atoms with E-state index in [2.05, 4.69) is 6.07 Å².